The first-order valence-electron chi connectivity index (χ1n) is 10.00. The first kappa shape index (κ1) is 22.7. The number of hydrogen-bond acceptors (Lipinski definition) is 2. The SMILES string of the molecule is CC(C)(O)c1cn(-c2ccc(-c3ccc(F)c(F)c3)cc2)c(-c2ccccc2C(F)(F)F)n1. The topological polar surface area (TPSA) is 38.0 Å². The molecule has 1 N–H and O–H groups in total. The van der Waals surface area contributed by atoms with E-state index in [4.69, 9.17) is 0 Å². The maximum absolute atomic E-state index is 13.7. The van der Waals surface area contributed by atoms with Crippen LogP contribution < -0.4 is 0 Å². The highest BCUT2D eigenvalue weighted by atomic mass is 19.4. The average molecular weight is 458 g/mol. The third-order valence-corrected chi connectivity index (χ3v) is 5.20. The lowest BCUT2D eigenvalue weighted by molar-refractivity contribution is -0.137. The Morgan fingerprint density at radius 2 is 1.45 bits per heavy atom. The monoisotopic (exact) mass is 458 g/mol. The van der Waals surface area contributed by atoms with Gasteiger partial charge < -0.3 is 5.11 Å². The molecule has 4 aromatic rings. The summed E-state index contributed by atoms with van der Waals surface area (Å²) < 4.78 is 69.3. The van der Waals surface area contributed by atoms with Gasteiger partial charge in [-0.3, -0.25) is 4.57 Å². The second-order valence-electron chi connectivity index (χ2n) is 8.10. The molecule has 0 saturated heterocycles. The van der Waals surface area contributed by atoms with Crippen molar-refractivity contribution in [2.45, 2.75) is 25.6 Å². The predicted octanol–water partition coefficient (Wildman–Crippen LogP) is 6.73. The number of imidazole rings is 1. The van der Waals surface area contributed by atoms with Crippen LogP contribution in [0.1, 0.15) is 25.1 Å². The summed E-state index contributed by atoms with van der Waals surface area (Å²) >= 11 is 0. The number of aromatic nitrogens is 2. The molecular weight excluding hydrogens is 439 g/mol. The molecule has 1 aromatic heterocycles. The van der Waals surface area contributed by atoms with Crippen LogP contribution in [-0.2, 0) is 11.8 Å². The lowest BCUT2D eigenvalue weighted by Gasteiger charge is -2.14. The minimum absolute atomic E-state index is 0.0145. The Balaban J connectivity index is 1.85. The molecule has 33 heavy (non-hydrogen) atoms. The Morgan fingerprint density at radius 3 is 2.06 bits per heavy atom. The fourth-order valence-corrected chi connectivity index (χ4v) is 3.48. The third kappa shape index (κ3) is 4.52. The Hall–Kier alpha value is -3.52. The summed E-state index contributed by atoms with van der Waals surface area (Å²) in [7, 11) is 0. The molecule has 0 fully saturated rings. The summed E-state index contributed by atoms with van der Waals surface area (Å²) in [5.41, 5.74) is -0.652. The zero-order valence-corrected chi connectivity index (χ0v) is 17.7. The summed E-state index contributed by atoms with van der Waals surface area (Å²) in [5, 5.41) is 10.4. The van der Waals surface area contributed by atoms with E-state index in [9.17, 15) is 27.1 Å². The molecule has 0 radical (unpaired) electrons. The maximum Gasteiger partial charge on any atom is 0.417 e. The Morgan fingerprint density at radius 1 is 0.818 bits per heavy atom. The molecule has 1 heterocycles. The summed E-state index contributed by atoms with van der Waals surface area (Å²) in [6.45, 7) is 2.98. The zero-order chi connectivity index (χ0) is 24.0. The van der Waals surface area contributed by atoms with Crippen LogP contribution in [0, 0.1) is 11.6 Å². The van der Waals surface area contributed by atoms with Gasteiger partial charge in [0, 0.05) is 17.4 Å². The molecule has 0 aliphatic rings. The molecule has 0 bridgehead atoms. The number of aliphatic hydroxyl groups is 1. The molecule has 170 valence electrons. The van der Waals surface area contributed by atoms with Crippen LogP contribution in [0.15, 0.2) is 72.9 Å². The van der Waals surface area contributed by atoms with Gasteiger partial charge in [-0.25, -0.2) is 13.8 Å². The highest BCUT2D eigenvalue weighted by Gasteiger charge is 2.35. The van der Waals surface area contributed by atoms with E-state index in [1.165, 1.54) is 48.9 Å². The van der Waals surface area contributed by atoms with E-state index in [-0.39, 0.29) is 17.1 Å². The van der Waals surface area contributed by atoms with Crippen molar-refractivity contribution in [3.8, 4) is 28.2 Å². The summed E-state index contributed by atoms with van der Waals surface area (Å²) in [5.74, 6) is -1.92. The Bertz CT molecular complexity index is 1300. The third-order valence-electron chi connectivity index (χ3n) is 5.20. The quantitative estimate of drug-likeness (QED) is 0.344. The highest BCUT2D eigenvalue weighted by molar-refractivity contribution is 5.67. The van der Waals surface area contributed by atoms with Gasteiger partial charge in [-0.05, 0) is 55.3 Å². The Labute approximate surface area is 186 Å². The van der Waals surface area contributed by atoms with Crippen LogP contribution in [0.4, 0.5) is 22.0 Å². The molecule has 0 amide bonds. The van der Waals surface area contributed by atoms with Crippen molar-refractivity contribution in [3.05, 3.63) is 95.8 Å². The van der Waals surface area contributed by atoms with E-state index in [0.717, 1.165) is 18.2 Å². The van der Waals surface area contributed by atoms with Crippen LogP contribution in [0.2, 0.25) is 0 Å². The van der Waals surface area contributed by atoms with Crippen molar-refractivity contribution < 1.29 is 27.1 Å². The van der Waals surface area contributed by atoms with Crippen molar-refractivity contribution in [2.75, 3.05) is 0 Å². The first-order chi connectivity index (χ1) is 15.4. The number of hydrogen-bond donors (Lipinski definition) is 1. The lowest BCUT2D eigenvalue weighted by atomic mass is 10.0. The molecule has 3 nitrogen and oxygen atoms in total. The molecule has 0 atom stereocenters. The number of alkyl halides is 3. The molecule has 4 rings (SSSR count). The van der Waals surface area contributed by atoms with Crippen molar-refractivity contribution >= 4 is 0 Å². The van der Waals surface area contributed by atoms with Crippen LogP contribution in [0.3, 0.4) is 0 Å². The standard InChI is InChI=1S/C25H19F5N2O/c1-24(2,33)22-14-32(23(31-22)18-5-3-4-6-19(18)25(28,29)30)17-10-7-15(8-11-17)16-9-12-20(26)21(27)13-16/h3-14,33H,1-2H3. The van der Waals surface area contributed by atoms with E-state index in [2.05, 4.69) is 4.98 Å². The predicted molar refractivity (Wildman–Crippen MR) is 115 cm³/mol. The van der Waals surface area contributed by atoms with Gasteiger partial charge in [0.15, 0.2) is 11.6 Å². The van der Waals surface area contributed by atoms with Crippen LogP contribution in [0.25, 0.3) is 28.2 Å². The highest BCUT2D eigenvalue weighted by Crippen LogP contribution is 2.38. The number of halogens is 5. The van der Waals surface area contributed by atoms with E-state index in [0.29, 0.717) is 16.8 Å². The van der Waals surface area contributed by atoms with Crippen molar-refractivity contribution in [1.82, 2.24) is 9.55 Å². The van der Waals surface area contributed by atoms with Gasteiger partial charge in [0.05, 0.1) is 11.3 Å². The molecule has 3 aromatic carbocycles. The number of nitrogens with zero attached hydrogens (tertiary/aromatic N) is 2. The van der Waals surface area contributed by atoms with Crippen molar-refractivity contribution in [3.63, 3.8) is 0 Å². The molecule has 8 heteroatoms. The van der Waals surface area contributed by atoms with Crippen molar-refractivity contribution in [1.29, 1.82) is 0 Å². The number of rotatable bonds is 4. The smallest absolute Gasteiger partial charge is 0.384 e. The average Bonchev–Trinajstić information content (AvgIpc) is 3.21. The van der Waals surface area contributed by atoms with Gasteiger partial charge in [-0.2, -0.15) is 13.2 Å². The fourth-order valence-electron chi connectivity index (χ4n) is 3.48. The summed E-state index contributed by atoms with van der Waals surface area (Å²) in [6, 6.07) is 15.2. The van der Waals surface area contributed by atoms with Crippen LogP contribution in [-0.4, -0.2) is 14.7 Å². The maximum atomic E-state index is 13.7. The largest absolute Gasteiger partial charge is 0.417 e. The van der Waals surface area contributed by atoms with E-state index in [1.807, 2.05) is 0 Å². The normalized spacial score (nSPS) is 12.2. The van der Waals surface area contributed by atoms with Gasteiger partial charge in [0.1, 0.15) is 11.4 Å². The molecule has 0 saturated carbocycles. The van der Waals surface area contributed by atoms with E-state index in [1.54, 1.807) is 24.3 Å². The van der Waals surface area contributed by atoms with Gasteiger partial charge in [-0.15, -0.1) is 0 Å². The molecule has 0 spiro atoms. The number of benzene rings is 3. The minimum atomic E-state index is -4.60. The van der Waals surface area contributed by atoms with Gasteiger partial charge in [0.2, 0.25) is 0 Å². The van der Waals surface area contributed by atoms with Crippen LogP contribution >= 0.6 is 0 Å². The van der Waals surface area contributed by atoms with Gasteiger partial charge in [0.25, 0.3) is 0 Å². The zero-order valence-electron chi connectivity index (χ0n) is 17.7. The Kier molecular flexibility index (Phi) is 5.57. The first-order valence-corrected chi connectivity index (χ1v) is 10.00. The van der Waals surface area contributed by atoms with Crippen molar-refractivity contribution in [2.24, 2.45) is 0 Å². The van der Waals surface area contributed by atoms with Crippen LogP contribution in [0.5, 0.6) is 0 Å². The van der Waals surface area contributed by atoms with E-state index < -0.39 is 29.0 Å². The van der Waals surface area contributed by atoms with Gasteiger partial charge >= 0.3 is 6.18 Å². The fraction of sp³-hybridized carbons (Fsp3) is 0.160. The van der Waals surface area contributed by atoms with E-state index >= 15 is 0 Å². The second-order valence-corrected chi connectivity index (χ2v) is 8.10. The summed E-state index contributed by atoms with van der Waals surface area (Å²) in [4.78, 5) is 4.33. The lowest BCUT2D eigenvalue weighted by Crippen LogP contribution is -2.15. The minimum Gasteiger partial charge on any atom is -0.384 e. The molecule has 0 unspecified atom stereocenters. The molecule has 0 aliphatic heterocycles. The van der Waals surface area contributed by atoms with Gasteiger partial charge in [-0.1, -0.05) is 36.4 Å². The second kappa shape index (κ2) is 8.12. The molecular formula is C25H19F5N2O. The summed E-state index contributed by atoms with van der Waals surface area (Å²) in [6.07, 6.45) is -3.12. The molecule has 0 aliphatic carbocycles.